The van der Waals surface area contributed by atoms with Crippen molar-refractivity contribution < 1.29 is 34.2 Å². The Morgan fingerprint density at radius 1 is 0.455 bits per heavy atom. The van der Waals surface area contributed by atoms with Gasteiger partial charge in [0.2, 0.25) is 0 Å². The summed E-state index contributed by atoms with van der Waals surface area (Å²) in [5, 5.41) is 30.9. The topological polar surface area (TPSA) is 112 Å². The molecule has 0 radical (unpaired) electrons. The Hall–Kier alpha value is -1.89. The fourth-order valence-corrected chi connectivity index (χ4v) is 6.99. The van der Waals surface area contributed by atoms with Crippen molar-refractivity contribution in [3.05, 3.63) is 12.2 Å². The van der Waals surface area contributed by atoms with E-state index in [1.165, 1.54) is 89.9 Å². The summed E-state index contributed by atoms with van der Waals surface area (Å²) in [5.41, 5.74) is 0. The molecule has 7 nitrogen and oxygen atoms in total. The molecule has 44 heavy (non-hydrogen) atoms. The van der Waals surface area contributed by atoms with Gasteiger partial charge in [-0.25, -0.2) is 14.4 Å². The number of allylic oxidation sites excluding steroid dienone is 2. The Kier molecular flexibility index (Phi) is 26.2. The van der Waals surface area contributed by atoms with Crippen LogP contribution in [0.1, 0.15) is 182 Å². The number of quaternary nitrogens is 1. The minimum absolute atomic E-state index is 0.270. The lowest BCUT2D eigenvalue weighted by atomic mass is 9.91. The van der Waals surface area contributed by atoms with Crippen LogP contribution in [0, 0.1) is 0 Å². The second kappa shape index (κ2) is 27.4. The van der Waals surface area contributed by atoms with E-state index in [0.29, 0.717) is 25.7 Å². The summed E-state index contributed by atoms with van der Waals surface area (Å²) in [6, 6.07) is -3.14. The molecule has 0 bridgehead atoms. The number of nitrogens with zero attached hydrogens (tertiary/aromatic N) is 1. The monoisotopic (exact) mass is 625 g/mol. The highest BCUT2D eigenvalue weighted by Gasteiger charge is 2.56. The van der Waals surface area contributed by atoms with Crippen LogP contribution in [0.15, 0.2) is 12.2 Å². The molecule has 0 amide bonds. The lowest BCUT2D eigenvalue weighted by Gasteiger charge is -2.50. The van der Waals surface area contributed by atoms with Gasteiger partial charge < -0.3 is 15.3 Å². The first kappa shape index (κ1) is 42.1. The second-order valence-corrected chi connectivity index (χ2v) is 13.0. The van der Waals surface area contributed by atoms with E-state index < -0.39 is 36.0 Å². The maximum atomic E-state index is 12.6. The van der Waals surface area contributed by atoms with Gasteiger partial charge in [0, 0.05) is 19.3 Å². The van der Waals surface area contributed by atoms with Crippen LogP contribution in [-0.2, 0) is 14.4 Å². The first-order valence-corrected chi connectivity index (χ1v) is 18.4. The predicted molar refractivity (Wildman–Crippen MR) is 182 cm³/mol. The van der Waals surface area contributed by atoms with Crippen molar-refractivity contribution >= 4 is 17.9 Å². The van der Waals surface area contributed by atoms with Crippen molar-refractivity contribution in [1.82, 2.24) is 0 Å². The average Bonchev–Trinajstić information content (AvgIpc) is 2.98. The van der Waals surface area contributed by atoms with Crippen molar-refractivity contribution in [2.45, 2.75) is 200 Å². The molecule has 3 atom stereocenters. The maximum absolute atomic E-state index is 12.6. The SMILES string of the molecule is CCCCCCCC/C=C/CCCCCCCCCCCC[N+](C(CCC)C(=O)O)(C(CCC)C(=O)O)C(CCC)C(=O)O. The molecule has 0 aliphatic rings. The molecule has 0 aromatic heterocycles. The van der Waals surface area contributed by atoms with E-state index in [2.05, 4.69) is 19.1 Å². The molecular formula is C37H70NO6+. The normalized spacial score (nSPS) is 15.2. The van der Waals surface area contributed by atoms with E-state index in [-0.39, 0.29) is 30.3 Å². The van der Waals surface area contributed by atoms with Gasteiger partial charge in [-0.2, -0.15) is 0 Å². The first-order chi connectivity index (χ1) is 21.2. The molecule has 0 heterocycles. The molecule has 7 heteroatoms. The van der Waals surface area contributed by atoms with Crippen LogP contribution >= 0.6 is 0 Å². The van der Waals surface area contributed by atoms with E-state index >= 15 is 0 Å². The Bertz CT molecular complexity index is 707. The standard InChI is InChI=1S/C37H69NO6/c1-5-9-10-11-12-13-14-15-16-17-18-19-20-21-22-23-24-25-26-27-31-38(32(28-6-2)35(39)40,33(29-7-3)36(41)42)34(30-8-4)37(43)44/h15-16,32-34H,5-14,17-31H2,1-4H3,(H2-,39,40,41,42,43,44)/p+1/b16-15+. The lowest BCUT2D eigenvalue weighted by Crippen LogP contribution is -2.72. The van der Waals surface area contributed by atoms with Crippen molar-refractivity contribution in [1.29, 1.82) is 0 Å². The quantitative estimate of drug-likeness (QED) is 0.0390. The van der Waals surface area contributed by atoms with Gasteiger partial charge in [-0.05, 0) is 57.8 Å². The van der Waals surface area contributed by atoms with E-state index in [9.17, 15) is 29.7 Å². The molecule has 0 spiro atoms. The lowest BCUT2D eigenvalue weighted by molar-refractivity contribution is -0.973. The van der Waals surface area contributed by atoms with Gasteiger partial charge in [0.15, 0.2) is 18.1 Å². The van der Waals surface area contributed by atoms with Crippen LogP contribution in [0.25, 0.3) is 0 Å². The van der Waals surface area contributed by atoms with Gasteiger partial charge in [-0.3, -0.25) is 4.48 Å². The second-order valence-electron chi connectivity index (χ2n) is 13.0. The molecule has 0 saturated heterocycles. The zero-order valence-corrected chi connectivity index (χ0v) is 29.1. The van der Waals surface area contributed by atoms with Crippen LogP contribution < -0.4 is 0 Å². The third-order valence-electron chi connectivity index (χ3n) is 9.34. The highest BCUT2D eigenvalue weighted by Crippen LogP contribution is 2.34. The van der Waals surface area contributed by atoms with Crippen LogP contribution in [0.4, 0.5) is 0 Å². The van der Waals surface area contributed by atoms with Crippen molar-refractivity contribution in [2.24, 2.45) is 0 Å². The van der Waals surface area contributed by atoms with Gasteiger partial charge in [-0.1, -0.05) is 117 Å². The highest BCUT2D eigenvalue weighted by atomic mass is 16.4. The minimum atomic E-state index is -1.08. The van der Waals surface area contributed by atoms with Crippen LogP contribution in [0.5, 0.6) is 0 Å². The van der Waals surface area contributed by atoms with Gasteiger partial charge in [-0.15, -0.1) is 0 Å². The number of hydrogen-bond acceptors (Lipinski definition) is 3. The van der Waals surface area contributed by atoms with Gasteiger partial charge >= 0.3 is 17.9 Å². The molecule has 0 fully saturated rings. The number of rotatable bonds is 32. The van der Waals surface area contributed by atoms with Crippen LogP contribution in [0.3, 0.4) is 0 Å². The summed E-state index contributed by atoms with van der Waals surface area (Å²) in [6.45, 7) is 8.18. The summed E-state index contributed by atoms with van der Waals surface area (Å²) in [4.78, 5) is 37.8. The summed E-state index contributed by atoms with van der Waals surface area (Å²) < 4.78 is -0.371. The summed E-state index contributed by atoms with van der Waals surface area (Å²) >= 11 is 0. The molecule has 0 aliphatic carbocycles. The van der Waals surface area contributed by atoms with Gasteiger partial charge in [0.25, 0.3) is 0 Å². The molecule has 3 unspecified atom stereocenters. The Balaban J connectivity index is 4.75. The number of carboxylic acid groups (broad SMARTS) is 3. The van der Waals surface area contributed by atoms with E-state index in [0.717, 1.165) is 19.3 Å². The fraction of sp³-hybridized carbons (Fsp3) is 0.865. The largest absolute Gasteiger partial charge is 0.477 e. The smallest absolute Gasteiger partial charge is 0.362 e. The number of carboxylic acids is 3. The Morgan fingerprint density at radius 2 is 0.750 bits per heavy atom. The van der Waals surface area contributed by atoms with E-state index in [4.69, 9.17) is 0 Å². The molecule has 0 rings (SSSR count). The summed E-state index contributed by atoms with van der Waals surface area (Å²) in [5.74, 6) is -3.25. The molecule has 3 N–H and O–H groups in total. The molecule has 0 aromatic carbocycles. The number of hydrogen-bond donors (Lipinski definition) is 3. The predicted octanol–water partition coefficient (Wildman–Crippen LogP) is 10.2. The van der Waals surface area contributed by atoms with Crippen molar-refractivity contribution in [3.8, 4) is 0 Å². The molecule has 0 aliphatic heterocycles. The fourth-order valence-electron chi connectivity index (χ4n) is 6.99. The van der Waals surface area contributed by atoms with Crippen LogP contribution in [-0.4, -0.2) is 62.4 Å². The Morgan fingerprint density at radius 3 is 1.05 bits per heavy atom. The molecule has 0 saturated carbocycles. The zero-order chi connectivity index (χ0) is 33.1. The maximum Gasteiger partial charge on any atom is 0.362 e. The number of unbranched alkanes of at least 4 members (excludes halogenated alkanes) is 16. The third-order valence-corrected chi connectivity index (χ3v) is 9.34. The van der Waals surface area contributed by atoms with Crippen molar-refractivity contribution in [2.75, 3.05) is 6.54 Å². The first-order valence-electron chi connectivity index (χ1n) is 18.4. The zero-order valence-electron chi connectivity index (χ0n) is 29.1. The highest BCUT2D eigenvalue weighted by molar-refractivity contribution is 5.78. The number of carbonyl (C=O) groups is 3. The number of aliphatic carboxylic acids is 3. The Labute approximate surface area is 270 Å². The van der Waals surface area contributed by atoms with E-state index in [1.807, 2.05) is 20.8 Å². The van der Waals surface area contributed by atoms with Crippen molar-refractivity contribution in [3.63, 3.8) is 0 Å². The average molecular weight is 625 g/mol. The van der Waals surface area contributed by atoms with Gasteiger partial charge in [0.1, 0.15) is 0 Å². The molecular weight excluding hydrogens is 554 g/mol. The van der Waals surface area contributed by atoms with E-state index in [1.54, 1.807) is 0 Å². The summed E-state index contributed by atoms with van der Waals surface area (Å²) in [7, 11) is 0. The third kappa shape index (κ3) is 17.0. The van der Waals surface area contributed by atoms with Gasteiger partial charge in [0.05, 0.1) is 6.54 Å². The molecule has 258 valence electrons. The van der Waals surface area contributed by atoms with Crippen LogP contribution in [0.2, 0.25) is 0 Å². The molecule has 0 aromatic rings. The minimum Gasteiger partial charge on any atom is -0.477 e. The summed E-state index contributed by atoms with van der Waals surface area (Å²) in [6.07, 6.45) is 28.9.